The second-order valence-electron chi connectivity index (χ2n) is 5.35. The van der Waals surface area contributed by atoms with E-state index in [-0.39, 0.29) is 18.4 Å². The van der Waals surface area contributed by atoms with Crippen LogP contribution in [-0.4, -0.2) is 28.3 Å². The molecule has 0 unspecified atom stereocenters. The van der Waals surface area contributed by atoms with Crippen LogP contribution in [-0.2, 0) is 16.1 Å². The molecular formula is C16H22N2O3. The Morgan fingerprint density at radius 3 is 2.52 bits per heavy atom. The number of likely N-dealkylation sites (tertiary alicyclic amines) is 1. The molecule has 0 bridgehead atoms. The molecule has 2 rings (SSSR count). The Kier molecular flexibility index (Phi) is 4.60. The largest absolute Gasteiger partial charge is 0.478 e. The highest BCUT2D eigenvalue weighted by atomic mass is 16.5. The van der Waals surface area contributed by atoms with Crippen LogP contribution in [0.1, 0.15) is 45.7 Å². The third-order valence-corrected chi connectivity index (χ3v) is 4.24. The van der Waals surface area contributed by atoms with E-state index in [0.717, 1.165) is 0 Å². The van der Waals surface area contributed by atoms with E-state index >= 15 is 0 Å². The van der Waals surface area contributed by atoms with Crippen LogP contribution in [0, 0.1) is 5.41 Å². The molecule has 0 atom stereocenters. The molecule has 0 N–H and O–H groups in total. The monoisotopic (exact) mass is 290 g/mol. The minimum absolute atomic E-state index is 0.0684. The third-order valence-electron chi connectivity index (χ3n) is 4.24. The number of carbonyl (C=O) groups is 2. The van der Waals surface area contributed by atoms with Gasteiger partial charge >= 0.3 is 0 Å². The summed E-state index contributed by atoms with van der Waals surface area (Å²) >= 11 is 0. The van der Waals surface area contributed by atoms with E-state index in [2.05, 4.69) is 4.98 Å². The van der Waals surface area contributed by atoms with E-state index in [4.69, 9.17) is 4.74 Å². The van der Waals surface area contributed by atoms with Gasteiger partial charge in [0, 0.05) is 12.5 Å². The summed E-state index contributed by atoms with van der Waals surface area (Å²) in [5, 5.41) is 0. The van der Waals surface area contributed by atoms with Crippen LogP contribution in [0.15, 0.2) is 18.2 Å². The average molecular weight is 290 g/mol. The molecule has 5 heteroatoms. The van der Waals surface area contributed by atoms with Gasteiger partial charge in [-0.3, -0.25) is 14.5 Å². The number of carbonyl (C=O) groups excluding carboxylic acids is 2. The Morgan fingerprint density at radius 2 is 1.95 bits per heavy atom. The van der Waals surface area contributed by atoms with E-state index in [0.29, 0.717) is 37.4 Å². The van der Waals surface area contributed by atoms with Gasteiger partial charge < -0.3 is 4.74 Å². The van der Waals surface area contributed by atoms with Crippen LogP contribution in [0.3, 0.4) is 0 Å². The molecule has 0 aliphatic carbocycles. The molecule has 2 amide bonds. The molecule has 0 radical (unpaired) electrons. The predicted molar refractivity (Wildman–Crippen MR) is 78.6 cm³/mol. The van der Waals surface area contributed by atoms with Gasteiger partial charge in [-0.05, 0) is 25.8 Å². The quantitative estimate of drug-likeness (QED) is 0.755. The van der Waals surface area contributed by atoms with Gasteiger partial charge in [0.1, 0.15) is 0 Å². The maximum atomic E-state index is 12.6. The normalized spacial score (nSPS) is 17.4. The maximum Gasteiger partial charge on any atom is 0.236 e. The van der Waals surface area contributed by atoms with Gasteiger partial charge in [-0.15, -0.1) is 0 Å². The molecule has 1 fully saturated rings. The summed E-state index contributed by atoms with van der Waals surface area (Å²) in [6, 6.07) is 5.40. The maximum absolute atomic E-state index is 12.6. The predicted octanol–water partition coefficient (Wildman–Crippen LogP) is 2.55. The Hall–Kier alpha value is -1.91. The van der Waals surface area contributed by atoms with Crippen LogP contribution >= 0.6 is 0 Å². The molecule has 2 heterocycles. The molecule has 5 nitrogen and oxygen atoms in total. The lowest BCUT2D eigenvalue weighted by Crippen LogP contribution is -2.35. The molecule has 114 valence electrons. The number of amides is 2. The number of hydrogen-bond acceptors (Lipinski definition) is 4. The minimum atomic E-state index is -0.519. The van der Waals surface area contributed by atoms with Crippen LogP contribution in [0.5, 0.6) is 5.88 Å². The number of aromatic nitrogens is 1. The smallest absolute Gasteiger partial charge is 0.236 e. The van der Waals surface area contributed by atoms with Crippen molar-refractivity contribution in [3.63, 3.8) is 0 Å². The van der Waals surface area contributed by atoms with Crippen LogP contribution in [0.25, 0.3) is 0 Å². The Bertz CT molecular complexity index is 538. The number of hydrogen-bond donors (Lipinski definition) is 0. The van der Waals surface area contributed by atoms with Crippen molar-refractivity contribution in [2.24, 2.45) is 5.41 Å². The first-order valence-corrected chi connectivity index (χ1v) is 7.49. The lowest BCUT2D eigenvalue weighted by molar-refractivity contribution is -0.142. The molecule has 1 aromatic heterocycles. The summed E-state index contributed by atoms with van der Waals surface area (Å²) in [6.07, 6.45) is 1.69. The molecule has 0 saturated carbocycles. The van der Waals surface area contributed by atoms with Crippen molar-refractivity contribution in [1.82, 2.24) is 9.88 Å². The SMILES string of the molecule is CCOc1cccc(CN2C(=O)CC(CC)(CC)C2=O)n1. The van der Waals surface area contributed by atoms with Gasteiger partial charge in [0.2, 0.25) is 17.7 Å². The standard InChI is InChI=1S/C16H22N2O3/c1-4-16(5-2)10-14(19)18(15(16)20)11-12-8-7-9-13(17-12)21-6-3/h7-9H,4-6,10-11H2,1-3H3. The summed E-state index contributed by atoms with van der Waals surface area (Å²) in [5.41, 5.74) is 0.153. The molecular weight excluding hydrogens is 268 g/mol. The summed E-state index contributed by atoms with van der Waals surface area (Å²) in [5.74, 6) is 0.347. The second-order valence-corrected chi connectivity index (χ2v) is 5.35. The van der Waals surface area contributed by atoms with E-state index in [1.165, 1.54) is 4.90 Å². The molecule has 1 aliphatic heterocycles. The van der Waals surface area contributed by atoms with Crippen molar-refractivity contribution in [1.29, 1.82) is 0 Å². The topological polar surface area (TPSA) is 59.5 Å². The lowest BCUT2D eigenvalue weighted by atomic mass is 9.81. The highest BCUT2D eigenvalue weighted by Crippen LogP contribution is 2.39. The highest BCUT2D eigenvalue weighted by molar-refractivity contribution is 6.05. The van der Waals surface area contributed by atoms with Gasteiger partial charge in [0.05, 0.1) is 24.3 Å². The van der Waals surface area contributed by atoms with Crippen molar-refractivity contribution in [2.45, 2.75) is 46.6 Å². The molecule has 1 saturated heterocycles. The second kappa shape index (κ2) is 6.24. The fraction of sp³-hybridized carbons (Fsp3) is 0.562. The number of nitrogens with zero attached hydrogens (tertiary/aromatic N) is 2. The lowest BCUT2D eigenvalue weighted by Gasteiger charge is -2.23. The first kappa shape index (κ1) is 15.5. The van der Waals surface area contributed by atoms with Gasteiger partial charge in [-0.25, -0.2) is 4.98 Å². The van der Waals surface area contributed by atoms with Crippen LogP contribution < -0.4 is 4.74 Å². The highest BCUT2D eigenvalue weighted by Gasteiger charge is 2.48. The fourth-order valence-corrected chi connectivity index (χ4v) is 2.76. The van der Waals surface area contributed by atoms with E-state index in [1.54, 1.807) is 12.1 Å². The zero-order valence-electron chi connectivity index (χ0n) is 12.9. The molecule has 21 heavy (non-hydrogen) atoms. The van der Waals surface area contributed by atoms with Gasteiger partial charge in [-0.1, -0.05) is 19.9 Å². The first-order valence-electron chi connectivity index (χ1n) is 7.49. The molecule has 0 aromatic carbocycles. The van der Waals surface area contributed by atoms with Crippen molar-refractivity contribution < 1.29 is 14.3 Å². The average Bonchev–Trinajstić information content (AvgIpc) is 2.73. The van der Waals surface area contributed by atoms with Crippen molar-refractivity contribution >= 4 is 11.8 Å². The van der Waals surface area contributed by atoms with E-state index in [9.17, 15) is 9.59 Å². The number of ether oxygens (including phenoxy) is 1. The fourth-order valence-electron chi connectivity index (χ4n) is 2.76. The van der Waals surface area contributed by atoms with E-state index in [1.807, 2.05) is 26.8 Å². The molecule has 0 spiro atoms. The van der Waals surface area contributed by atoms with Crippen molar-refractivity contribution in [2.75, 3.05) is 6.61 Å². The number of pyridine rings is 1. The Morgan fingerprint density at radius 1 is 1.24 bits per heavy atom. The summed E-state index contributed by atoms with van der Waals surface area (Å²) < 4.78 is 5.35. The zero-order chi connectivity index (χ0) is 15.5. The number of imide groups is 1. The molecule has 1 aromatic rings. The van der Waals surface area contributed by atoms with Gasteiger partial charge in [-0.2, -0.15) is 0 Å². The third kappa shape index (κ3) is 2.91. The Labute approximate surface area is 125 Å². The zero-order valence-corrected chi connectivity index (χ0v) is 12.9. The minimum Gasteiger partial charge on any atom is -0.478 e. The van der Waals surface area contributed by atoms with Crippen molar-refractivity contribution in [3.8, 4) is 5.88 Å². The summed E-state index contributed by atoms with van der Waals surface area (Å²) in [7, 11) is 0. The van der Waals surface area contributed by atoms with Gasteiger partial charge in [0.15, 0.2) is 0 Å². The molecule has 1 aliphatic rings. The number of rotatable bonds is 6. The summed E-state index contributed by atoms with van der Waals surface area (Å²) in [6.45, 7) is 6.57. The Balaban J connectivity index is 2.18. The summed E-state index contributed by atoms with van der Waals surface area (Å²) in [4.78, 5) is 30.4. The van der Waals surface area contributed by atoms with Crippen molar-refractivity contribution in [3.05, 3.63) is 23.9 Å². The van der Waals surface area contributed by atoms with E-state index < -0.39 is 5.41 Å². The van der Waals surface area contributed by atoms with Gasteiger partial charge in [0.25, 0.3) is 0 Å². The van der Waals surface area contributed by atoms with Crippen LogP contribution in [0.2, 0.25) is 0 Å². The first-order chi connectivity index (χ1) is 10.1. The van der Waals surface area contributed by atoms with Crippen LogP contribution in [0.4, 0.5) is 0 Å².